The van der Waals surface area contributed by atoms with Gasteiger partial charge in [0.05, 0.1) is 0 Å². The van der Waals surface area contributed by atoms with Gasteiger partial charge < -0.3 is 0 Å². The molecule has 0 atom stereocenters. The van der Waals surface area contributed by atoms with Gasteiger partial charge in [0.25, 0.3) is 0 Å². The van der Waals surface area contributed by atoms with Crippen LogP contribution < -0.4 is 5.84 Å². The molecule has 0 spiro atoms. The molecule has 0 saturated carbocycles. The second-order valence-electron chi connectivity index (χ2n) is 2.92. The highest BCUT2D eigenvalue weighted by molar-refractivity contribution is 4.68. The van der Waals surface area contributed by atoms with Crippen molar-refractivity contribution >= 4 is 0 Å². The van der Waals surface area contributed by atoms with Crippen molar-refractivity contribution in [2.75, 3.05) is 6.54 Å². The highest BCUT2D eigenvalue weighted by Crippen LogP contribution is 2.07. The molecule has 0 rings (SSSR count). The number of hydrogen-bond donors (Lipinski definition) is 0. The van der Waals surface area contributed by atoms with Crippen molar-refractivity contribution in [2.24, 2.45) is 0 Å². The Morgan fingerprint density at radius 2 is 1.75 bits per heavy atom. The molecule has 0 aliphatic heterocycles. The second-order valence-corrected chi connectivity index (χ2v) is 2.92. The minimum absolute atomic E-state index is 0.00868. The molecule has 0 bridgehead atoms. The molecular weight excluding hydrogens is 100 g/mol. The van der Waals surface area contributed by atoms with Crippen molar-refractivity contribution in [1.82, 2.24) is 10.9 Å². The second kappa shape index (κ2) is 2.46. The van der Waals surface area contributed by atoms with E-state index in [2.05, 4.69) is 0 Å². The van der Waals surface area contributed by atoms with E-state index in [-0.39, 0.29) is 5.54 Å². The lowest BCUT2D eigenvalue weighted by Gasteiger charge is -2.28. The van der Waals surface area contributed by atoms with Crippen LogP contribution in [0.4, 0.5) is 0 Å². The predicted molar refractivity (Wildman–Crippen MR) is 35.2 cm³/mol. The molecule has 0 unspecified atom stereocenters. The molecule has 0 aliphatic rings. The van der Waals surface area contributed by atoms with E-state index in [4.69, 9.17) is 5.84 Å². The zero-order valence-electron chi connectivity index (χ0n) is 6.15. The molecule has 1 radical (unpaired) electrons. The van der Waals surface area contributed by atoms with Crippen molar-refractivity contribution in [3.63, 3.8) is 0 Å². The zero-order chi connectivity index (χ0) is 6.78. The molecular formula is C6H15N2. The van der Waals surface area contributed by atoms with Gasteiger partial charge in [0.2, 0.25) is 0 Å². The maximum Gasteiger partial charge on any atom is 0.0283 e. The summed E-state index contributed by atoms with van der Waals surface area (Å²) in [5, 5.41) is 1.56. The predicted octanol–water partition coefficient (Wildman–Crippen LogP) is 1.30. The lowest BCUT2D eigenvalue weighted by atomic mass is 10.1. The topological polar surface area (TPSA) is 27.0 Å². The van der Waals surface area contributed by atoms with E-state index in [1.807, 2.05) is 27.7 Å². The van der Waals surface area contributed by atoms with Gasteiger partial charge in [0, 0.05) is 12.1 Å². The van der Waals surface area contributed by atoms with E-state index in [9.17, 15) is 0 Å². The molecule has 0 fully saturated rings. The van der Waals surface area contributed by atoms with Gasteiger partial charge in [-0.15, -0.1) is 0 Å². The van der Waals surface area contributed by atoms with Crippen LogP contribution in [0.15, 0.2) is 0 Å². The van der Waals surface area contributed by atoms with Gasteiger partial charge in [-0.1, -0.05) is 6.92 Å². The summed E-state index contributed by atoms with van der Waals surface area (Å²) in [5.74, 6) is 7.31. The Labute approximate surface area is 51.6 Å². The first kappa shape index (κ1) is 7.92. The summed E-state index contributed by atoms with van der Waals surface area (Å²) < 4.78 is 0. The van der Waals surface area contributed by atoms with Gasteiger partial charge in [0.15, 0.2) is 0 Å². The molecule has 0 aromatic heterocycles. The monoisotopic (exact) mass is 115 g/mol. The van der Waals surface area contributed by atoms with Crippen molar-refractivity contribution < 1.29 is 0 Å². The van der Waals surface area contributed by atoms with E-state index in [1.165, 1.54) is 0 Å². The van der Waals surface area contributed by atoms with E-state index in [1.54, 1.807) is 5.01 Å². The summed E-state index contributed by atoms with van der Waals surface area (Å²) in [4.78, 5) is 0. The lowest BCUT2D eigenvalue weighted by Crippen LogP contribution is -2.39. The number of nitrogens with one attached hydrogen (secondary N) is 1. The largest absolute Gasteiger partial charge is 0.225 e. The molecule has 0 saturated heterocycles. The SMILES string of the molecule is CCN([NH])C(C)(C)C. The Bertz CT molecular complexity index is 63.4. The van der Waals surface area contributed by atoms with Crippen LogP contribution in [-0.2, 0) is 0 Å². The molecule has 8 heavy (non-hydrogen) atoms. The van der Waals surface area contributed by atoms with E-state index in [0.29, 0.717) is 0 Å². The molecule has 2 heteroatoms. The van der Waals surface area contributed by atoms with Crippen molar-refractivity contribution in [3.05, 3.63) is 0 Å². The smallest absolute Gasteiger partial charge is 0.0283 e. The van der Waals surface area contributed by atoms with Crippen LogP contribution >= 0.6 is 0 Å². The highest BCUT2D eigenvalue weighted by Gasteiger charge is 2.15. The Kier molecular flexibility index (Phi) is 2.44. The Hall–Kier alpha value is -0.0800. The summed E-state index contributed by atoms with van der Waals surface area (Å²) in [5.41, 5.74) is 0.00868. The van der Waals surface area contributed by atoms with E-state index < -0.39 is 0 Å². The molecule has 1 N–H and O–H groups in total. The standard InChI is InChI=1S/C6H15N2/c1-5-8(7)6(2,3)4/h7H,5H2,1-4H3. The van der Waals surface area contributed by atoms with Crippen molar-refractivity contribution in [2.45, 2.75) is 33.2 Å². The molecule has 2 nitrogen and oxygen atoms in total. The molecule has 49 valence electrons. The summed E-state index contributed by atoms with van der Waals surface area (Å²) >= 11 is 0. The molecule has 0 amide bonds. The summed E-state index contributed by atoms with van der Waals surface area (Å²) in [7, 11) is 0. The third-order valence-electron chi connectivity index (χ3n) is 1.13. The highest BCUT2D eigenvalue weighted by atomic mass is 15.4. The average Bonchev–Trinajstić information content (AvgIpc) is 1.62. The first-order chi connectivity index (χ1) is 3.48. The minimum atomic E-state index is 0.00868. The first-order valence-corrected chi connectivity index (χ1v) is 2.97. The maximum absolute atomic E-state index is 7.31. The zero-order valence-corrected chi connectivity index (χ0v) is 6.15. The fraction of sp³-hybridized carbons (Fsp3) is 1.00. The van der Waals surface area contributed by atoms with E-state index in [0.717, 1.165) is 6.54 Å². The van der Waals surface area contributed by atoms with Crippen LogP contribution in [0.5, 0.6) is 0 Å². The summed E-state index contributed by atoms with van der Waals surface area (Å²) in [6.07, 6.45) is 0. The van der Waals surface area contributed by atoms with Crippen LogP contribution in [0.2, 0.25) is 0 Å². The number of nitrogens with zero attached hydrogens (tertiary/aromatic N) is 1. The van der Waals surface area contributed by atoms with Crippen LogP contribution in [-0.4, -0.2) is 17.1 Å². The van der Waals surface area contributed by atoms with Gasteiger partial charge >= 0.3 is 0 Å². The number of rotatable bonds is 1. The first-order valence-electron chi connectivity index (χ1n) is 2.97. The fourth-order valence-corrected chi connectivity index (χ4v) is 0.474. The van der Waals surface area contributed by atoms with Crippen molar-refractivity contribution in [3.8, 4) is 0 Å². The van der Waals surface area contributed by atoms with Crippen molar-refractivity contribution in [1.29, 1.82) is 0 Å². The normalized spacial score (nSPS) is 12.8. The molecule has 0 heterocycles. The summed E-state index contributed by atoms with van der Waals surface area (Å²) in [6.45, 7) is 8.87. The van der Waals surface area contributed by atoms with Crippen LogP contribution in [0.1, 0.15) is 27.7 Å². The third-order valence-corrected chi connectivity index (χ3v) is 1.13. The van der Waals surface area contributed by atoms with Gasteiger partial charge in [-0.25, -0.2) is 5.01 Å². The lowest BCUT2D eigenvalue weighted by molar-refractivity contribution is 0.134. The maximum atomic E-state index is 7.31. The molecule has 0 aliphatic carbocycles. The van der Waals surface area contributed by atoms with E-state index >= 15 is 0 Å². The third kappa shape index (κ3) is 2.28. The fourth-order valence-electron chi connectivity index (χ4n) is 0.474. The van der Waals surface area contributed by atoms with Crippen LogP contribution in [0.3, 0.4) is 0 Å². The van der Waals surface area contributed by atoms with Gasteiger partial charge in [-0.2, -0.15) is 5.84 Å². The Balaban J connectivity index is 3.62. The molecule has 0 aromatic rings. The van der Waals surface area contributed by atoms with Crippen LogP contribution in [0.25, 0.3) is 0 Å². The van der Waals surface area contributed by atoms with Crippen LogP contribution in [0, 0.1) is 0 Å². The quantitative estimate of drug-likeness (QED) is 0.473. The Morgan fingerprint density at radius 1 is 1.38 bits per heavy atom. The Morgan fingerprint density at radius 3 is 1.75 bits per heavy atom. The van der Waals surface area contributed by atoms with Gasteiger partial charge in [0.1, 0.15) is 0 Å². The number of hydrogen-bond acceptors (Lipinski definition) is 1. The van der Waals surface area contributed by atoms with Gasteiger partial charge in [-0.3, -0.25) is 0 Å². The average molecular weight is 115 g/mol. The summed E-state index contributed by atoms with van der Waals surface area (Å²) in [6, 6.07) is 0. The minimum Gasteiger partial charge on any atom is -0.225 e. The molecule has 0 aromatic carbocycles. The van der Waals surface area contributed by atoms with Gasteiger partial charge in [-0.05, 0) is 20.8 Å².